The summed E-state index contributed by atoms with van der Waals surface area (Å²) in [6.07, 6.45) is 3.98. The van der Waals surface area contributed by atoms with Gasteiger partial charge in [0.1, 0.15) is 15.1 Å². The SMILES string of the molecule is COC(=O)OCCCS[C@@H]1O[C@@]23O[C@](C)(I)CC[C@H]4[C@H](C)CC[C@@H]([C@H]1C)[C@]42C3O. The van der Waals surface area contributed by atoms with Gasteiger partial charge in [-0.05, 0) is 84.6 Å². The molecular weight excluding hydrogens is 507 g/mol. The Hall–Kier alpha value is 0.230. The highest BCUT2D eigenvalue weighted by atomic mass is 127. The molecule has 0 bridgehead atoms. The van der Waals surface area contributed by atoms with Crippen molar-refractivity contribution in [3.8, 4) is 0 Å². The van der Waals surface area contributed by atoms with E-state index in [0.29, 0.717) is 30.3 Å². The first-order valence-electron chi connectivity index (χ1n) is 10.8. The van der Waals surface area contributed by atoms with Crippen LogP contribution in [0.2, 0.25) is 0 Å². The standard InChI is InChI=1S/C21H33IO6S/c1-12-6-7-15-13(2)16(29-11-5-10-26-18(24)25-4)27-21-17(23)20(15,21)14(12)8-9-19(3,22)28-21/h12-17,23H,5-11H2,1-4H3/t12-,13-,14+,15+,16+,17?,19+,20+,21+/m1/s1. The molecule has 166 valence electrons. The fourth-order valence-electron chi connectivity index (χ4n) is 6.46. The molecule has 0 amide bonds. The summed E-state index contributed by atoms with van der Waals surface area (Å²) < 4.78 is 22.4. The zero-order valence-corrected chi connectivity index (χ0v) is 20.7. The van der Waals surface area contributed by atoms with Gasteiger partial charge in [-0.25, -0.2) is 4.79 Å². The lowest BCUT2D eigenvalue weighted by Gasteiger charge is -2.51. The molecule has 1 spiro atoms. The number of carbonyl (C=O) groups is 1. The van der Waals surface area contributed by atoms with E-state index in [2.05, 4.69) is 48.1 Å². The monoisotopic (exact) mass is 540 g/mol. The average Bonchev–Trinajstić information content (AvgIpc) is 3.20. The number of hydrogen-bond donors (Lipinski definition) is 1. The largest absolute Gasteiger partial charge is 0.507 e. The normalized spacial score (nSPS) is 50.7. The Morgan fingerprint density at radius 3 is 2.76 bits per heavy atom. The number of aliphatic hydroxyl groups excluding tert-OH is 1. The molecule has 1 N–H and O–H groups in total. The maximum Gasteiger partial charge on any atom is 0.507 e. The van der Waals surface area contributed by atoms with Crippen LogP contribution in [0, 0.1) is 29.1 Å². The van der Waals surface area contributed by atoms with Gasteiger partial charge < -0.3 is 24.1 Å². The minimum absolute atomic E-state index is 0.0252. The summed E-state index contributed by atoms with van der Waals surface area (Å²) in [4.78, 5) is 11.1. The van der Waals surface area contributed by atoms with Crippen LogP contribution < -0.4 is 0 Å². The molecule has 0 aromatic heterocycles. The zero-order chi connectivity index (χ0) is 21.0. The van der Waals surface area contributed by atoms with Crippen molar-refractivity contribution >= 4 is 40.5 Å². The highest BCUT2D eigenvalue weighted by molar-refractivity contribution is 14.1. The van der Waals surface area contributed by atoms with Crippen molar-refractivity contribution in [1.82, 2.24) is 0 Å². The van der Waals surface area contributed by atoms with E-state index in [-0.39, 0.29) is 14.5 Å². The summed E-state index contributed by atoms with van der Waals surface area (Å²) in [6.45, 7) is 7.07. The molecule has 2 saturated heterocycles. The fourth-order valence-corrected chi connectivity index (χ4v) is 8.32. The zero-order valence-electron chi connectivity index (χ0n) is 17.7. The Balaban J connectivity index is 1.50. The van der Waals surface area contributed by atoms with E-state index in [1.54, 1.807) is 11.8 Å². The van der Waals surface area contributed by atoms with E-state index in [1.807, 2.05) is 0 Å². The minimum Gasteiger partial charge on any atom is -0.438 e. The van der Waals surface area contributed by atoms with Crippen molar-refractivity contribution in [3.63, 3.8) is 0 Å². The summed E-state index contributed by atoms with van der Waals surface area (Å²) in [5, 5.41) is 11.3. The average molecular weight is 540 g/mol. The summed E-state index contributed by atoms with van der Waals surface area (Å²) in [6, 6.07) is 0. The van der Waals surface area contributed by atoms with Crippen molar-refractivity contribution in [2.45, 2.75) is 73.8 Å². The van der Waals surface area contributed by atoms with Crippen LogP contribution in [-0.4, -0.2) is 51.7 Å². The minimum atomic E-state index is -0.865. The summed E-state index contributed by atoms with van der Waals surface area (Å²) >= 11 is 4.14. The lowest BCUT2D eigenvalue weighted by Crippen LogP contribution is -2.52. The first-order chi connectivity index (χ1) is 13.7. The lowest BCUT2D eigenvalue weighted by molar-refractivity contribution is -0.272. The van der Waals surface area contributed by atoms with Crippen LogP contribution >= 0.6 is 34.4 Å². The van der Waals surface area contributed by atoms with E-state index >= 15 is 0 Å². The van der Waals surface area contributed by atoms with Crippen molar-refractivity contribution in [2.24, 2.45) is 29.1 Å². The quantitative estimate of drug-likeness (QED) is 0.237. The first-order valence-corrected chi connectivity index (χ1v) is 12.9. The van der Waals surface area contributed by atoms with E-state index in [1.165, 1.54) is 13.5 Å². The summed E-state index contributed by atoms with van der Waals surface area (Å²) in [5.41, 5.74) is -0.277. The van der Waals surface area contributed by atoms with Gasteiger partial charge in [-0.3, -0.25) is 0 Å². The molecule has 2 heterocycles. The maximum absolute atomic E-state index is 11.3. The molecule has 8 heteroatoms. The molecule has 9 atom stereocenters. The first kappa shape index (κ1) is 22.4. The van der Waals surface area contributed by atoms with Crippen molar-refractivity contribution in [1.29, 1.82) is 0 Å². The molecule has 2 aliphatic heterocycles. The maximum atomic E-state index is 11.3. The molecule has 29 heavy (non-hydrogen) atoms. The van der Waals surface area contributed by atoms with Crippen molar-refractivity contribution in [2.75, 3.05) is 19.5 Å². The van der Waals surface area contributed by atoms with Gasteiger partial charge in [0.05, 0.1) is 19.1 Å². The highest BCUT2D eigenvalue weighted by Gasteiger charge is 2.89. The van der Waals surface area contributed by atoms with Crippen molar-refractivity contribution < 1.29 is 28.8 Å². The summed E-state index contributed by atoms with van der Waals surface area (Å²) in [7, 11) is 1.31. The van der Waals surface area contributed by atoms with Gasteiger partial charge in [-0.15, -0.1) is 11.8 Å². The smallest absolute Gasteiger partial charge is 0.438 e. The molecule has 1 unspecified atom stereocenters. The van der Waals surface area contributed by atoms with Crippen LogP contribution in [0.5, 0.6) is 0 Å². The third-order valence-corrected chi connectivity index (χ3v) is 9.90. The van der Waals surface area contributed by atoms with E-state index in [0.717, 1.165) is 31.4 Å². The molecule has 4 fully saturated rings. The molecule has 0 aromatic rings. The number of ether oxygens (including phenoxy) is 4. The van der Waals surface area contributed by atoms with Gasteiger partial charge in [0.25, 0.3) is 0 Å². The Bertz CT molecular complexity index is 647. The van der Waals surface area contributed by atoms with Gasteiger partial charge in [-0.1, -0.05) is 20.3 Å². The molecule has 0 radical (unpaired) electrons. The van der Waals surface area contributed by atoms with Gasteiger partial charge in [0.2, 0.25) is 5.79 Å². The van der Waals surface area contributed by atoms with Crippen molar-refractivity contribution in [3.05, 3.63) is 0 Å². The van der Waals surface area contributed by atoms with Gasteiger partial charge in [-0.2, -0.15) is 0 Å². The van der Waals surface area contributed by atoms with Gasteiger partial charge in [0, 0.05) is 0 Å². The van der Waals surface area contributed by atoms with Crippen LogP contribution in [0.1, 0.15) is 52.9 Å². The topological polar surface area (TPSA) is 74.2 Å². The summed E-state index contributed by atoms with van der Waals surface area (Å²) in [5.74, 6) is 1.77. The number of aliphatic hydroxyl groups is 1. The number of alkyl halides is 1. The Morgan fingerprint density at radius 1 is 1.28 bits per heavy atom. The van der Waals surface area contributed by atoms with E-state index in [4.69, 9.17) is 14.2 Å². The molecule has 6 nitrogen and oxygen atoms in total. The van der Waals surface area contributed by atoms with Crippen LogP contribution in [0.4, 0.5) is 4.79 Å². The third kappa shape index (κ3) is 3.43. The van der Waals surface area contributed by atoms with Gasteiger partial charge >= 0.3 is 6.16 Å². The number of halogens is 1. The van der Waals surface area contributed by atoms with Crippen LogP contribution in [-0.2, 0) is 18.9 Å². The molecule has 0 aromatic carbocycles. The Kier molecular flexibility index (Phi) is 6.17. The molecule has 4 rings (SSSR count). The second-order valence-electron chi connectivity index (χ2n) is 9.39. The van der Waals surface area contributed by atoms with Gasteiger partial charge in [0.15, 0.2) is 0 Å². The number of thioether (sulfide) groups is 1. The molecule has 2 aliphatic carbocycles. The number of rotatable bonds is 5. The second kappa shape index (κ2) is 7.98. The molecule has 2 saturated carbocycles. The predicted molar refractivity (Wildman–Crippen MR) is 119 cm³/mol. The highest BCUT2D eigenvalue weighted by Crippen LogP contribution is 2.79. The molecule has 4 aliphatic rings. The Morgan fingerprint density at radius 2 is 2.03 bits per heavy atom. The van der Waals surface area contributed by atoms with E-state index < -0.39 is 18.0 Å². The molecular formula is C21H33IO6S. The third-order valence-electron chi connectivity index (χ3n) is 7.76. The van der Waals surface area contributed by atoms with Crippen LogP contribution in [0.15, 0.2) is 0 Å². The fraction of sp³-hybridized carbons (Fsp3) is 0.952. The number of methoxy groups -OCH3 is 1. The van der Waals surface area contributed by atoms with E-state index in [9.17, 15) is 9.90 Å². The Labute approximate surface area is 191 Å². The van der Waals surface area contributed by atoms with Crippen LogP contribution in [0.3, 0.4) is 0 Å². The lowest BCUT2D eigenvalue weighted by atomic mass is 9.58. The number of carbonyl (C=O) groups excluding carboxylic acids is 1. The number of hydrogen-bond acceptors (Lipinski definition) is 7. The predicted octanol–water partition coefficient (Wildman–Crippen LogP) is 4.57. The second-order valence-corrected chi connectivity index (χ2v) is 12.9. The van der Waals surface area contributed by atoms with Crippen LogP contribution in [0.25, 0.3) is 0 Å².